The standard InChI is InChI=1S/C18H20N6O/c1-12-11-21-17(14-4-6-19-7-5-14)24(12)9-8-20-18(25)16-10-15(22-23-16)13-2-3-13/h4-7,10-11,13H,2-3,8-9H2,1H3,(H,20,25)(H,22,23). The van der Waals surface area contributed by atoms with Crippen molar-refractivity contribution in [3.05, 3.63) is 53.9 Å². The molecule has 3 aromatic rings. The van der Waals surface area contributed by atoms with Crippen LogP contribution in [-0.2, 0) is 6.54 Å². The molecule has 7 nitrogen and oxygen atoms in total. The van der Waals surface area contributed by atoms with Crippen LogP contribution in [0.3, 0.4) is 0 Å². The van der Waals surface area contributed by atoms with Gasteiger partial charge in [0.25, 0.3) is 5.91 Å². The van der Waals surface area contributed by atoms with Gasteiger partial charge < -0.3 is 9.88 Å². The number of aromatic amines is 1. The Hall–Kier alpha value is -2.96. The molecular weight excluding hydrogens is 316 g/mol. The first-order chi connectivity index (χ1) is 12.2. The Morgan fingerprint density at radius 3 is 2.92 bits per heavy atom. The third kappa shape index (κ3) is 3.31. The molecule has 25 heavy (non-hydrogen) atoms. The maximum absolute atomic E-state index is 12.2. The molecule has 3 heterocycles. The van der Waals surface area contributed by atoms with Crippen LogP contribution in [0.2, 0.25) is 0 Å². The molecule has 1 aliphatic carbocycles. The van der Waals surface area contributed by atoms with E-state index in [0.717, 1.165) is 22.8 Å². The third-order valence-electron chi connectivity index (χ3n) is 4.46. The van der Waals surface area contributed by atoms with Gasteiger partial charge in [-0.1, -0.05) is 0 Å². The number of aromatic nitrogens is 5. The Morgan fingerprint density at radius 1 is 1.36 bits per heavy atom. The van der Waals surface area contributed by atoms with Gasteiger partial charge in [-0.2, -0.15) is 5.10 Å². The van der Waals surface area contributed by atoms with Crippen LogP contribution in [-0.4, -0.2) is 37.2 Å². The monoisotopic (exact) mass is 336 g/mol. The summed E-state index contributed by atoms with van der Waals surface area (Å²) in [6.07, 6.45) is 7.70. The average Bonchev–Trinajstić information content (AvgIpc) is 3.25. The number of hydrogen-bond donors (Lipinski definition) is 2. The molecule has 0 bridgehead atoms. The number of nitrogens with one attached hydrogen (secondary N) is 2. The quantitative estimate of drug-likeness (QED) is 0.723. The van der Waals surface area contributed by atoms with E-state index in [1.165, 1.54) is 12.8 Å². The SMILES string of the molecule is Cc1cnc(-c2ccncc2)n1CCNC(=O)c1cc(C2CC2)[nH]n1. The van der Waals surface area contributed by atoms with Gasteiger partial charge in [-0.25, -0.2) is 4.98 Å². The van der Waals surface area contributed by atoms with E-state index in [1.54, 1.807) is 12.4 Å². The second-order valence-corrected chi connectivity index (χ2v) is 6.35. The molecule has 3 aromatic heterocycles. The minimum absolute atomic E-state index is 0.147. The lowest BCUT2D eigenvalue weighted by Crippen LogP contribution is -2.28. The van der Waals surface area contributed by atoms with E-state index < -0.39 is 0 Å². The molecule has 0 unspecified atom stereocenters. The Labute approximate surface area is 145 Å². The summed E-state index contributed by atoms with van der Waals surface area (Å²) >= 11 is 0. The van der Waals surface area contributed by atoms with Gasteiger partial charge in [0.15, 0.2) is 0 Å². The number of imidazole rings is 1. The van der Waals surface area contributed by atoms with Crippen molar-refractivity contribution in [1.29, 1.82) is 0 Å². The van der Waals surface area contributed by atoms with Crippen LogP contribution in [0, 0.1) is 6.92 Å². The predicted octanol–water partition coefficient (Wildman–Crippen LogP) is 2.28. The van der Waals surface area contributed by atoms with Crippen molar-refractivity contribution in [2.75, 3.05) is 6.54 Å². The molecule has 4 rings (SSSR count). The first-order valence-electron chi connectivity index (χ1n) is 8.48. The van der Waals surface area contributed by atoms with Crippen LogP contribution >= 0.6 is 0 Å². The van der Waals surface area contributed by atoms with E-state index in [0.29, 0.717) is 24.7 Å². The van der Waals surface area contributed by atoms with Crippen LogP contribution in [0.4, 0.5) is 0 Å². The highest BCUT2D eigenvalue weighted by atomic mass is 16.1. The zero-order valence-corrected chi connectivity index (χ0v) is 14.1. The molecule has 0 aromatic carbocycles. The Morgan fingerprint density at radius 2 is 2.16 bits per heavy atom. The van der Waals surface area contributed by atoms with Crippen molar-refractivity contribution < 1.29 is 4.79 Å². The molecule has 0 radical (unpaired) electrons. The summed E-state index contributed by atoms with van der Waals surface area (Å²) in [7, 11) is 0. The molecule has 1 aliphatic rings. The molecule has 0 saturated heterocycles. The van der Waals surface area contributed by atoms with Gasteiger partial charge in [0.1, 0.15) is 11.5 Å². The largest absolute Gasteiger partial charge is 0.349 e. The number of rotatable bonds is 6. The van der Waals surface area contributed by atoms with E-state index in [1.807, 2.05) is 31.3 Å². The molecule has 2 N–H and O–H groups in total. The van der Waals surface area contributed by atoms with Gasteiger partial charge >= 0.3 is 0 Å². The molecule has 1 fully saturated rings. The lowest BCUT2D eigenvalue weighted by molar-refractivity contribution is 0.0947. The summed E-state index contributed by atoms with van der Waals surface area (Å²) in [6, 6.07) is 5.72. The number of carbonyl (C=O) groups is 1. The zero-order valence-electron chi connectivity index (χ0n) is 14.1. The van der Waals surface area contributed by atoms with Crippen LogP contribution in [0.25, 0.3) is 11.4 Å². The van der Waals surface area contributed by atoms with Crippen molar-refractivity contribution in [2.45, 2.75) is 32.2 Å². The van der Waals surface area contributed by atoms with Gasteiger partial charge in [-0.3, -0.25) is 14.9 Å². The molecule has 128 valence electrons. The first-order valence-corrected chi connectivity index (χ1v) is 8.48. The van der Waals surface area contributed by atoms with Gasteiger partial charge in [0.05, 0.1) is 0 Å². The maximum atomic E-state index is 12.2. The Kier molecular flexibility index (Phi) is 4.05. The van der Waals surface area contributed by atoms with Crippen LogP contribution in [0.5, 0.6) is 0 Å². The van der Waals surface area contributed by atoms with E-state index in [2.05, 4.69) is 30.0 Å². The number of carbonyl (C=O) groups excluding carboxylic acids is 1. The predicted molar refractivity (Wildman–Crippen MR) is 93.1 cm³/mol. The minimum atomic E-state index is -0.147. The lowest BCUT2D eigenvalue weighted by Gasteiger charge is -2.10. The number of amides is 1. The lowest BCUT2D eigenvalue weighted by atomic mass is 10.2. The van der Waals surface area contributed by atoms with Crippen LogP contribution < -0.4 is 5.32 Å². The molecule has 1 saturated carbocycles. The normalized spacial score (nSPS) is 13.8. The van der Waals surface area contributed by atoms with Gasteiger partial charge in [0.2, 0.25) is 0 Å². The summed E-state index contributed by atoms with van der Waals surface area (Å²) in [5.41, 5.74) is 3.59. The second-order valence-electron chi connectivity index (χ2n) is 6.35. The maximum Gasteiger partial charge on any atom is 0.271 e. The third-order valence-corrected chi connectivity index (χ3v) is 4.46. The van der Waals surface area contributed by atoms with Gasteiger partial charge in [-0.05, 0) is 38.0 Å². The fourth-order valence-electron chi connectivity index (χ4n) is 2.90. The summed E-state index contributed by atoms with van der Waals surface area (Å²) in [4.78, 5) is 20.8. The zero-order chi connectivity index (χ0) is 17.2. The van der Waals surface area contributed by atoms with Crippen molar-refractivity contribution in [3.63, 3.8) is 0 Å². The summed E-state index contributed by atoms with van der Waals surface area (Å²) in [6.45, 7) is 3.17. The van der Waals surface area contributed by atoms with E-state index in [4.69, 9.17) is 0 Å². The highest BCUT2D eigenvalue weighted by Crippen LogP contribution is 2.38. The molecule has 7 heteroatoms. The molecule has 1 amide bonds. The number of pyridine rings is 1. The second kappa shape index (κ2) is 6.51. The summed E-state index contributed by atoms with van der Waals surface area (Å²) in [5, 5.41) is 10.0. The van der Waals surface area contributed by atoms with Gasteiger partial charge in [0, 0.05) is 54.5 Å². The van der Waals surface area contributed by atoms with E-state index >= 15 is 0 Å². The highest BCUT2D eigenvalue weighted by Gasteiger charge is 2.26. The molecular formula is C18H20N6O. The number of H-pyrrole nitrogens is 1. The fourth-order valence-corrected chi connectivity index (χ4v) is 2.90. The highest BCUT2D eigenvalue weighted by molar-refractivity contribution is 5.92. The fraction of sp³-hybridized carbons (Fsp3) is 0.333. The van der Waals surface area contributed by atoms with Crippen molar-refractivity contribution in [2.24, 2.45) is 0 Å². The van der Waals surface area contributed by atoms with Crippen molar-refractivity contribution >= 4 is 5.91 Å². The summed E-state index contributed by atoms with van der Waals surface area (Å²) < 4.78 is 2.09. The molecule has 0 aliphatic heterocycles. The topological polar surface area (TPSA) is 88.5 Å². The molecule has 0 atom stereocenters. The Bertz CT molecular complexity index is 878. The van der Waals surface area contributed by atoms with Crippen molar-refractivity contribution in [3.8, 4) is 11.4 Å². The number of aryl methyl sites for hydroxylation is 1. The van der Waals surface area contributed by atoms with Crippen LogP contribution in [0.15, 0.2) is 36.8 Å². The summed E-state index contributed by atoms with van der Waals surface area (Å²) in [5.74, 6) is 1.29. The van der Waals surface area contributed by atoms with Gasteiger partial charge in [-0.15, -0.1) is 0 Å². The average molecular weight is 336 g/mol. The molecule has 0 spiro atoms. The van der Waals surface area contributed by atoms with E-state index in [-0.39, 0.29) is 5.91 Å². The Balaban J connectivity index is 1.40. The van der Waals surface area contributed by atoms with Crippen molar-refractivity contribution in [1.82, 2.24) is 30.0 Å². The minimum Gasteiger partial charge on any atom is -0.349 e. The van der Waals surface area contributed by atoms with E-state index in [9.17, 15) is 4.79 Å². The smallest absolute Gasteiger partial charge is 0.271 e. The van der Waals surface area contributed by atoms with Crippen LogP contribution in [0.1, 0.15) is 40.6 Å². The number of hydrogen-bond acceptors (Lipinski definition) is 4. The first kappa shape index (κ1) is 15.6. The number of nitrogens with zero attached hydrogens (tertiary/aromatic N) is 4.